The highest BCUT2D eigenvalue weighted by Crippen LogP contribution is 2.34. The van der Waals surface area contributed by atoms with Crippen molar-refractivity contribution >= 4 is 11.9 Å². The van der Waals surface area contributed by atoms with Crippen molar-refractivity contribution in [3.63, 3.8) is 0 Å². The minimum Gasteiger partial charge on any atom is -0.415 e. The maximum Gasteiger partial charge on any atom is 0.351 e. The molecule has 20 heavy (non-hydrogen) atoms. The molecule has 2 aliphatic rings. The molecule has 1 N–H and O–H groups in total. The molecule has 0 aromatic heterocycles. The predicted octanol–water partition coefficient (Wildman–Crippen LogP) is 1.50. The Bertz CT molecular complexity index is 472. The normalized spacial score (nSPS) is 24.6. The molecular formula is C14H17NO5. The van der Waals surface area contributed by atoms with Crippen LogP contribution in [0.5, 0.6) is 0 Å². The van der Waals surface area contributed by atoms with Crippen molar-refractivity contribution in [2.24, 2.45) is 0 Å². The first kappa shape index (κ1) is 14.3. The summed E-state index contributed by atoms with van der Waals surface area (Å²) >= 11 is 0. The molecule has 0 aromatic carbocycles. The SMILES string of the molecule is C=CCONC(CC)=C1C(=O)OC2(C=CCC2)OC1=O. The Morgan fingerprint density at radius 1 is 1.50 bits per heavy atom. The number of hydrogen-bond acceptors (Lipinski definition) is 6. The third kappa shape index (κ3) is 2.75. The van der Waals surface area contributed by atoms with Gasteiger partial charge in [-0.1, -0.05) is 19.1 Å². The number of allylic oxidation sites excluding steroid dienone is 2. The fraction of sp³-hybridized carbons (Fsp3) is 0.429. The Morgan fingerprint density at radius 2 is 2.20 bits per heavy atom. The van der Waals surface area contributed by atoms with Crippen LogP contribution in [0.25, 0.3) is 0 Å². The topological polar surface area (TPSA) is 73.9 Å². The van der Waals surface area contributed by atoms with Gasteiger partial charge in [0, 0.05) is 6.42 Å². The number of nitrogens with one attached hydrogen (secondary N) is 1. The highest BCUT2D eigenvalue weighted by atomic mass is 16.7. The van der Waals surface area contributed by atoms with Gasteiger partial charge in [0.15, 0.2) is 5.57 Å². The molecule has 1 aliphatic carbocycles. The van der Waals surface area contributed by atoms with Crippen LogP contribution < -0.4 is 5.48 Å². The predicted molar refractivity (Wildman–Crippen MR) is 69.9 cm³/mol. The van der Waals surface area contributed by atoms with E-state index in [9.17, 15) is 9.59 Å². The van der Waals surface area contributed by atoms with Crippen LogP contribution in [0.3, 0.4) is 0 Å². The van der Waals surface area contributed by atoms with Crippen molar-refractivity contribution in [2.45, 2.75) is 32.0 Å². The molecule has 0 saturated carbocycles. The number of esters is 2. The molecule has 2 rings (SSSR count). The summed E-state index contributed by atoms with van der Waals surface area (Å²) < 4.78 is 10.5. The molecule has 1 aliphatic heterocycles. The third-order valence-corrected chi connectivity index (χ3v) is 3.02. The summed E-state index contributed by atoms with van der Waals surface area (Å²) in [6, 6.07) is 0. The molecular weight excluding hydrogens is 262 g/mol. The van der Waals surface area contributed by atoms with E-state index in [4.69, 9.17) is 14.3 Å². The number of hydrogen-bond donors (Lipinski definition) is 1. The molecule has 1 heterocycles. The van der Waals surface area contributed by atoms with Crippen LogP contribution >= 0.6 is 0 Å². The van der Waals surface area contributed by atoms with E-state index >= 15 is 0 Å². The van der Waals surface area contributed by atoms with Crippen LogP contribution in [-0.2, 0) is 23.9 Å². The lowest BCUT2D eigenvalue weighted by atomic mass is 10.1. The highest BCUT2D eigenvalue weighted by Gasteiger charge is 2.46. The molecule has 108 valence electrons. The zero-order chi connectivity index (χ0) is 14.6. The molecule has 1 fully saturated rings. The van der Waals surface area contributed by atoms with Gasteiger partial charge in [-0.3, -0.25) is 10.3 Å². The summed E-state index contributed by atoms with van der Waals surface area (Å²) in [6.45, 7) is 5.53. The standard InChI is InChI=1S/C14H17NO5/c1-3-9-18-15-10(4-2)11-12(16)19-14(20-13(11)17)7-5-6-8-14/h3,5,7,15H,1,4,6,8-9H2,2H3. The lowest BCUT2D eigenvalue weighted by Gasteiger charge is -2.32. The molecule has 0 aromatic rings. The quantitative estimate of drug-likeness (QED) is 0.205. The molecule has 6 heteroatoms. The zero-order valence-corrected chi connectivity index (χ0v) is 11.3. The fourth-order valence-electron chi connectivity index (χ4n) is 2.05. The Kier molecular flexibility index (Phi) is 4.24. The van der Waals surface area contributed by atoms with Crippen molar-refractivity contribution in [2.75, 3.05) is 6.61 Å². The number of hydroxylamine groups is 1. The maximum absolute atomic E-state index is 12.1. The number of carbonyl (C=O) groups is 2. The van der Waals surface area contributed by atoms with Crippen molar-refractivity contribution < 1.29 is 23.9 Å². The number of rotatable bonds is 5. The molecule has 0 radical (unpaired) electrons. The molecule has 0 atom stereocenters. The first-order valence-electron chi connectivity index (χ1n) is 6.48. The van der Waals surface area contributed by atoms with Crippen LogP contribution in [0.1, 0.15) is 26.2 Å². The second-order valence-corrected chi connectivity index (χ2v) is 4.44. The molecule has 0 unspecified atom stereocenters. The zero-order valence-electron chi connectivity index (χ0n) is 11.3. The van der Waals surface area contributed by atoms with Crippen LogP contribution in [0.2, 0.25) is 0 Å². The minimum absolute atomic E-state index is 0.150. The molecule has 0 amide bonds. The van der Waals surface area contributed by atoms with Gasteiger partial charge >= 0.3 is 11.9 Å². The van der Waals surface area contributed by atoms with E-state index in [1.165, 1.54) is 0 Å². The average Bonchev–Trinajstić information content (AvgIpc) is 2.84. The summed E-state index contributed by atoms with van der Waals surface area (Å²) in [4.78, 5) is 29.2. The van der Waals surface area contributed by atoms with E-state index in [0.29, 0.717) is 25.0 Å². The van der Waals surface area contributed by atoms with Gasteiger partial charge in [0.05, 0.1) is 12.3 Å². The summed E-state index contributed by atoms with van der Waals surface area (Å²) in [6.07, 6.45) is 6.54. The lowest BCUT2D eigenvalue weighted by Crippen LogP contribution is -2.45. The molecule has 0 bridgehead atoms. The molecule has 1 saturated heterocycles. The number of ether oxygens (including phenoxy) is 2. The van der Waals surface area contributed by atoms with Gasteiger partial charge in [0.2, 0.25) is 0 Å². The first-order valence-corrected chi connectivity index (χ1v) is 6.48. The smallest absolute Gasteiger partial charge is 0.351 e. The summed E-state index contributed by atoms with van der Waals surface area (Å²) in [5.41, 5.74) is 2.75. The fourth-order valence-corrected chi connectivity index (χ4v) is 2.05. The van der Waals surface area contributed by atoms with Crippen LogP contribution in [0, 0.1) is 0 Å². The van der Waals surface area contributed by atoms with Gasteiger partial charge in [-0.15, -0.1) is 6.58 Å². The van der Waals surface area contributed by atoms with Gasteiger partial charge < -0.3 is 9.47 Å². The second kappa shape index (κ2) is 5.92. The van der Waals surface area contributed by atoms with E-state index in [1.807, 2.05) is 6.08 Å². The van der Waals surface area contributed by atoms with Crippen molar-refractivity contribution in [1.29, 1.82) is 0 Å². The van der Waals surface area contributed by atoms with E-state index in [1.54, 1.807) is 19.1 Å². The third-order valence-electron chi connectivity index (χ3n) is 3.02. The van der Waals surface area contributed by atoms with E-state index in [2.05, 4.69) is 12.1 Å². The monoisotopic (exact) mass is 279 g/mol. The van der Waals surface area contributed by atoms with Gasteiger partial charge in [-0.25, -0.2) is 9.59 Å². The second-order valence-electron chi connectivity index (χ2n) is 4.44. The van der Waals surface area contributed by atoms with Crippen LogP contribution in [0.15, 0.2) is 36.1 Å². The minimum atomic E-state index is -1.22. The Hall–Kier alpha value is -2.08. The Balaban J connectivity index is 2.19. The first-order chi connectivity index (χ1) is 9.62. The average molecular weight is 279 g/mol. The maximum atomic E-state index is 12.1. The van der Waals surface area contributed by atoms with E-state index < -0.39 is 17.7 Å². The lowest BCUT2D eigenvalue weighted by molar-refractivity contribution is -0.218. The molecule has 6 nitrogen and oxygen atoms in total. The van der Waals surface area contributed by atoms with Crippen molar-refractivity contribution in [3.8, 4) is 0 Å². The highest BCUT2D eigenvalue weighted by molar-refractivity contribution is 6.16. The molecule has 1 spiro atoms. The van der Waals surface area contributed by atoms with E-state index in [-0.39, 0.29) is 12.2 Å². The Morgan fingerprint density at radius 3 is 2.70 bits per heavy atom. The van der Waals surface area contributed by atoms with E-state index in [0.717, 1.165) is 0 Å². The van der Waals surface area contributed by atoms with Crippen molar-refractivity contribution in [1.82, 2.24) is 5.48 Å². The van der Waals surface area contributed by atoms with Crippen LogP contribution in [0.4, 0.5) is 0 Å². The van der Waals surface area contributed by atoms with Crippen molar-refractivity contribution in [3.05, 3.63) is 36.1 Å². The summed E-state index contributed by atoms with van der Waals surface area (Å²) in [5, 5.41) is 0. The van der Waals surface area contributed by atoms with Gasteiger partial charge in [-0.2, -0.15) is 0 Å². The van der Waals surface area contributed by atoms with Gasteiger partial charge in [0.25, 0.3) is 5.79 Å². The Labute approximate surface area is 117 Å². The van der Waals surface area contributed by atoms with Gasteiger partial charge in [-0.05, 0) is 18.9 Å². The summed E-state index contributed by atoms with van der Waals surface area (Å²) in [7, 11) is 0. The van der Waals surface area contributed by atoms with Gasteiger partial charge in [0.1, 0.15) is 0 Å². The number of carbonyl (C=O) groups excluding carboxylic acids is 2. The largest absolute Gasteiger partial charge is 0.415 e. The summed E-state index contributed by atoms with van der Waals surface area (Å²) in [5.74, 6) is -2.61. The van der Waals surface area contributed by atoms with Crippen LogP contribution in [-0.4, -0.2) is 24.3 Å².